The van der Waals surface area contributed by atoms with Crippen molar-refractivity contribution in [1.29, 1.82) is 0 Å². The van der Waals surface area contributed by atoms with Crippen molar-refractivity contribution in [3.63, 3.8) is 0 Å². The van der Waals surface area contributed by atoms with Crippen molar-refractivity contribution >= 4 is 14.3 Å². The second kappa shape index (κ2) is 6.65. The van der Waals surface area contributed by atoms with Crippen LogP contribution in [-0.4, -0.2) is 26.6 Å². The van der Waals surface area contributed by atoms with Crippen molar-refractivity contribution < 1.29 is 13.6 Å². The lowest BCUT2D eigenvalue weighted by atomic mass is 9.90. The highest BCUT2D eigenvalue weighted by atomic mass is 28.4. The third kappa shape index (κ3) is 5.04. The standard InChI is InChI=1S/C18H28O3Si/c1-18(2,3)21-22(4,5)20-13-15-11-16(19)12-17(15)14-9-7-6-8-10-14/h6-10,15,17H,11-13H2,1-5H3/t15-,17-/m0/s1. The van der Waals surface area contributed by atoms with Crippen LogP contribution in [0.4, 0.5) is 0 Å². The molecule has 0 radical (unpaired) electrons. The Morgan fingerprint density at radius 2 is 1.77 bits per heavy atom. The van der Waals surface area contributed by atoms with E-state index >= 15 is 0 Å². The van der Waals surface area contributed by atoms with Gasteiger partial charge in [-0.3, -0.25) is 4.79 Å². The summed E-state index contributed by atoms with van der Waals surface area (Å²) in [6.45, 7) is 10.9. The first-order chi connectivity index (χ1) is 10.2. The quantitative estimate of drug-likeness (QED) is 0.760. The molecule has 122 valence electrons. The summed E-state index contributed by atoms with van der Waals surface area (Å²) in [4.78, 5) is 11.9. The summed E-state index contributed by atoms with van der Waals surface area (Å²) in [5.41, 5.74) is 1.05. The first kappa shape index (κ1) is 17.4. The van der Waals surface area contributed by atoms with E-state index in [2.05, 4.69) is 46.0 Å². The molecule has 4 heteroatoms. The lowest BCUT2D eigenvalue weighted by Crippen LogP contribution is -2.43. The molecule has 0 saturated heterocycles. The Labute approximate surface area is 135 Å². The Morgan fingerprint density at radius 1 is 1.14 bits per heavy atom. The lowest BCUT2D eigenvalue weighted by Gasteiger charge is -2.33. The number of hydrogen-bond acceptors (Lipinski definition) is 3. The molecule has 1 fully saturated rings. The van der Waals surface area contributed by atoms with Gasteiger partial charge < -0.3 is 8.85 Å². The molecule has 1 aromatic carbocycles. The van der Waals surface area contributed by atoms with Crippen LogP contribution in [0.25, 0.3) is 0 Å². The van der Waals surface area contributed by atoms with Crippen LogP contribution in [0.15, 0.2) is 30.3 Å². The second-order valence-corrected chi connectivity index (χ2v) is 10.9. The minimum atomic E-state index is -2.17. The maximum absolute atomic E-state index is 11.9. The first-order valence-electron chi connectivity index (χ1n) is 8.07. The zero-order chi connectivity index (χ0) is 16.4. The number of Topliss-reactive ketones (excluding diaryl/α,β-unsaturated/α-hetero) is 1. The van der Waals surface area contributed by atoms with Crippen molar-refractivity contribution in [2.24, 2.45) is 5.92 Å². The van der Waals surface area contributed by atoms with Crippen LogP contribution in [0.5, 0.6) is 0 Å². The van der Waals surface area contributed by atoms with Gasteiger partial charge in [-0.2, -0.15) is 0 Å². The fraction of sp³-hybridized carbons (Fsp3) is 0.611. The predicted octanol–water partition coefficient (Wildman–Crippen LogP) is 4.28. The van der Waals surface area contributed by atoms with Crippen LogP contribution in [0.3, 0.4) is 0 Å². The number of hydrogen-bond donors (Lipinski definition) is 0. The fourth-order valence-electron chi connectivity index (χ4n) is 3.27. The molecular formula is C18H28O3Si. The third-order valence-electron chi connectivity index (χ3n) is 3.93. The third-order valence-corrected chi connectivity index (χ3v) is 5.90. The molecule has 1 saturated carbocycles. The highest BCUT2D eigenvalue weighted by Crippen LogP contribution is 2.38. The topological polar surface area (TPSA) is 35.5 Å². The molecule has 0 aromatic heterocycles. The van der Waals surface area contributed by atoms with Gasteiger partial charge in [0.2, 0.25) is 0 Å². The fourth-order valence-corrected chi connectivity index (χ4v) is 5.42. The molecule has 0 N–H and O–H groups in total. The molecule has 0 heterocycles. The largest absolute Gasteiger partial charge is 0.394 e. The highest BCUT2D eigenvalue weighted by molar-refractivity contribution is 6.64. The van der Waals surface area contributed by atoms with Crippen LogP contribution >= 0.6 is 0 Å². The summed E-state index contributed by atoms with van der Waals surface area (Å²) in [6.07, 6.45) is 1.26. The summed E-state index contributed by atoms with van der Waals surface area (Å²) in [5, 5.41) is 0. The molecule has 1 aromatic rings. The van der Waals surface area contributed by atoms with E-state index in [1.54, 1.807) is 0 Å². The lowest BCUT2D eigenvalue weighted by molar-refractivity contribution is -0.117. The molecule has 0 bridgehead atoms. The minimum absolute atomic E-state index is 0.194. The molecule has 2 atom stereocenters. The molecule has 3 nitrogen and oxygen atoms in total. The molecule has 0 spiro atoms. The van der Waals surface area contributed by atoms with E-state index in [4.69, 9.17) is 8.85 Å². The second-order valence-electron chi connectivity index (χ2n) is 7.65. The number of ketones is 1. The number of carbonyl (C=O) groups excluding carboxylic acids is 1. The Kier molecular flexibility index (Phi) is 5.25. The molecule has 2 rings (SSSR count). The van der Waals surface area contributed by atoms with Crippen molar-refractivity contribution in [2.45, 2.75) is 58.2 Å². The van der Waals surface area contributed by atoms with Gasteiger partial charge in [0.15, 0.2) is 0 Å². The molecule has 22 heavy (non-hydrogen) atoms. The van der Waals surface area contributed by atoms with Crippen molar-refractivity contribution in [2.75, 3.05) is 6.61 Å². The molecule has 0 aliphatic heterocycles. The smallest absolute Gasteiger partial charge is 0.332 e. The van der Waals surface area contributed by atoms with E-state index < -0.39 is 8.56 Å². The monoisotopic (exact) mass is 320 g/mol. The van der Waals surface area contributed by atoms with Crippen molar-refractivity contribution in [3.8, 4) is 0 Å². The zero-order valence-corrected chi connectivity index (χ0v) is 15.4. The van der Waals surface area contributed by atoms with Crippen molar-refractivity contribution in [1.82, 2.24) is 0 Å². The Bertz CT molecular complexity index is 505. The highest BCUT2D eigenvalue weighted by Gasteiger charge is 2.37. The summed E-state index contributed by atoms with van der Waals surface area (Å²) in [7, 11) is -2.17. The van der Waals surface area contributed by atoms with Gasteiger partial charge >= 0.3 is 8.56 Å². The van der Waals surface area contributed by atoms with E-state index in [0.717, 1.165) is 0 Å². The maximum Gasteiger partial charge on any atom is 0.332 e. The van der Waals surface area contributed by atoms with Gasteiger partial charge in [0, 0.05) is 19.4 Å². The van der Waals surface area contributed by atoms with Gasteiger partial charge in [0.1, 0.15) is 5.78 Å². The zero-order valence-electron chi connectivity index (χ0n) is 14.4. The predicted molar refractivity (Wildman–Crippen MR) is 91.2 cm³/mol. The van der Waals surface area contributed by atoms with E-state index in [-0.39, 0.29) is 17.4 Å². The summed E-state index contributed by atoms with van der Waals surface area (Å²) >= 11 is 0. The van der Waals surface area contributed by atoms with E-state index in [1.165, 1.54) is 5.56 Å². The Morgan fingerprint density at radius 3 is 2.36 bits per heavy atom. The van der Waals surface area contributed by atoms with Crippen molar-refractivity contribution in [3.05, 3.63) is 35.9 Å². The molecule has 1 aliphatic carbocycles. The van der Waals surface area contributed by atoms with Gasteiger partial charge in [-0.05, 0) is 51.3 Å². The average Bonchev–Trinajstić information content (AvgIpc) is 2.76. The van der Waals surface area contributed by atoms with E-state index in [0.29, 0.717) is 25.2 Å². The molecule has 0 unspecified atom stereocenters. The number of rotatable bonds is 5. The molecule has 1 aliphatic rings. The van der Waals surface area contributed by atoms with E-state index in [9.17, 15) is 4.79 Å². The van der Waals surface area contributed by atoms with Crippen LogP contribution in [0.2, 0.25) is 13.1 Å². The average molecular weight is 321 g/mol. The maximum atomic E-state index is 11.9. The van der Waals surface area contributed by atoms with Gasteiger partial charge in [-0.1, -0.05) is 30.3 Å². The first-order valence-corrected chi connectivity index (χ1v) is 10.9. The van der Waals surface area contributed by atoms with Gasteiger partial charge in [-0.15, -0.1) is 0 Å². The summed E-state index contributed by atoms with van der Waals surface area (Å²) < 4.78 is 12.2. The van der Waals surface area contributed by atoms with Crippen LogP contribution in [-0.2, 0) is 13.6 Å². The van der Waals surface area contributed by atoms with Gasteiger partial charge in [0.25, 0.3) is 0 Å². The Balaban J connectivity index is 2.00. The van der Waals surface area contributed by atoms with Crippen LogP contribution < -0.4 is 0 Å². The summed E-state index contributed by atoms with van der Waals surface area (Å²) in [6, 6.07) is 10.3. The molecular weight excluding hydrogens is 292 g/mol. The van der Waals surface area contributed by atoms with Gasteiger partial charge in [0.05, 0.1) is 5.60 Å². The van der Waals surface area contributed by atoms with E-state index in [1.807, 2.05) is 18.2 Å². The molecule has 0 amide bonds. The number of benzene rings is 1. The normalized spacial score (nSPS) is 23.0. The van der Waals surface area contributed by atoms with Gasteiger partial charge in [-0.25, -0.2) is 0 Å². The summed E-state index contributed by atoms with van der Waals surface area (Å²) in [5.74, 6) is 0.900. The number of carbonyl (C=O) groups is 1. The van der Waals surface area contributed by atoms with Crippen LogP contribution in [0, 0.1) is 5.92 Å². The van der Waals surface area contributed by atoms with Crippen LogP contribution in [0.1, 0.15) is 45.1 Å². The minimum Gasteiger partial charge on any atom is -0.394 e. The Hall–Kier alpha value is -0.973. The SMILES string of the molecule is CC(C)(C)O[Si](C)(C)OC[C@@H]1CC(=O)C[C@H]1c1ccccc1.